The van der Waals surface area contributed by atoms with E-state index in [1.807, 2.05) is 0 Å². The van der Waals surface area contributed by atoms with Gasteiger partial charge in [-0.25, -0.2) is 4.57 Å². The van der Waals surface area contributed by atoms with Gasteiger partial charge in [0.05, 0.1) is 6.61 Å². The molecule has 0 aromatic rings. The van der Waals surface area contributed by atoms with Crippen LogP contribution < -0.4 is 0 Å². The van der Waals surface area contributed by atoms with Gasteiger partial charge in [-0.2, -0.15) is 0 Å². The highest BCUT2D eigenvalue weighted by Crippen LogP contribution is 2.36. The number of hydrogen-bond donors (Lipinski definition) is 2. The average molecular weight is 757 g/mol. The van der Waals surface area contributed by atoms with Crippen LogP contribution in [0.4, 0.5) is 0 Å². The van der Waals surface area contributed by atoms with Crippen molar-refractivity contribution in [3.8, 4) is 0 Å². The van der Waals surface area contributed by atoms with E-state index in [1.165, 1.54) is 141 Å². The van der Waals surface area contributed by atoms with Crippen molar-refractivity contribution in [3.05, 3.63) is 24.3 Å². The fourth-order valence-electron chi connectivity index (χ4n) is 6.19. The summed E-state index contributed by atoms with van der Waals surface area (Å²) in [7, 11) is -4.75. The molecule has 0 bridgehead atoms. The Balaban J connectivity index is 3.89. The zero-order chi connectivity index (χ0) is 38.2. The first kappa shape index (κ1) is 50.5. The van der Waals surface area contributed by atoms with E-state index in [0.717, 1.165) is 44.9 Å². The van der Waals surface area contributed by atoms with E-state index in [4.69, 9.17) is 19.3 Å². The Kier molecular flexibility index (Phi) is 38.1. The van der Waals surface area contributed by atoms with Crippen molar-refractivity contribution in [2.45, 2.75) is 225 Å². The highest BCUT2D eigenvalue weighted by Gasteiger charge is 2.22. The summed E-state index contributed by atoms with van der Waals surface area (Å²) in [4.78, 5) is 42.9. The molecule has 0 aliphatic rings. The molecule has 0 saturated heterocycles. The van der Waals surface area contributed by atoms with Crippen molar-refractivity contribution in [2.75, 3.05) is 13.2 Å². The van der Waals surface area contributed by atoms with Crippen LogP contribution in [0.15, 0.2) is 24.3 Å². The summed E-state index contributed by atoms with van der Waals surface area (Å²) in [5.41, 5.74) is 0. The largest absolute Gasteiger partial charge is 0.469 e. The lowest BCUT2D eigenvalue weighted by Gasteiger charge is -2.18. The van der Waals surface area contributed by atoms with Gasteiger partial charge in [-0.3, -0.25) is 14.1 Å². The lowest BCUT2D eigenvalue weighted by molar-refractivity contribution is -0.161. The molecule has 9 heteroatoms. The van der Waals surface area contributed by atoms with Gasteiger partial charge in [-0.1, -0.05) is 167 Å². The standard InChI is InChI=1S/C43H81O8P/c1-3-5-7-9-11-13-15-17-19-21-23-25-27-29-31-33-35-37-42(44)49-39-41(40-50-52(46,47)48)51-43(45)38-36-34-32-30-28-26-24-22-20-18-16-14-12-10-8-6-4-2/h13,15,18,20,41H,3-12,14,16-17,19,21-40H2,1-2H3,(H2,46,47,48)/b15-13+,20-18+/t41-/m1/s1. The zero-order valence-corrected chi connectivity index (χ0v) is 34.6. The van der Waals surface area contributed by atoms with Crippen LogP contribution in [0.3, 0.4) is 0 Å². The molecule has 0 heterocycles. The fourth-order valence-corrected chi connectivity index (χ4v) is 6.55. The number of carbonyl (C=O) groups is 2. The van der Waals surface area contributed by atoms with Gasteiger partial charge in [0.25, 0.3) is 0 Å². The van der Waals surface area contributed by atoms with Gasteiger partial charge in [-0.15, -0.1) is 0 Å². The number of unbranched alkanes of at least 4 members (excludes halogenated alkanes) is 26. The molecule has 0 aromatic heterocycles. The van der Waals surface area contributed by atoms with Gasteiger partial charge in [0.1, 0.15) is 6.61 Å². The number of ether oxygens (including phenoxy) is 2. The Labute approximate surface area is 319 Å². The maximum Gasteiger partial charge on any atom is 0.469 e. The SMILES string of the molecule is CCCCCC/C=C/CCCCCCCCCCCC(=O)OC[C@H](COP(=O)(O)O)OC(=O)CCCCCCCCC/C=C/CCCCCCCC. The predicted molar refractivity (Wildman–Crippen MR) is 216 cm³/mol. The third-order valence-electron chi connectivity index (χ3n) is 9.44. The van der Waals surface area contributed by atoms with E-state index in [1.54, 1.807) is 0 Å². The minimum Gasteiger partial charge on any atom is -0.462 e. The van der Waals surface area contributed by atoms with Gasteiger partial charge < -0.3 is 19.3 Å². The van der Waals surface area contributed by atoms with Crippen LogP contribution in [-0.4, -0.2) is 41.0 Å². The Morgan fingerprint density at radius 2 is 0.808 bits per heavy atom. The molecule has 0 fully saturated rings. The molecule has 0 radical (unpaired) electrons. The Morgan fingerprint density at radius 1 is 0.481 bits per heavy atom. The summed E-state index contributed by atoms with van der Waals surface area (Å²) in [6.45, 7) is 3.68. The van der Waals surface area contributed by atoms with Crippen LogP contribution in [0.25, 0.3) is 0 Å². The van der Waals surface area contributed by atoms with Crippen molar-refractivity contribution in [1.82, 2.24) is 0 Å². The average Bonchev–Trinajstić information content (AvgIpc) is 3.11. The van der Waals surface area contributed by atoms with E-state index in [9.17, 15) is 14.2 Å². The minimum atomic E-state index is -4.75. The highest BCUT2D eigenvalue weighted by atomic mass is 31.2. The molecule has 0 aliphatic carbocycles. The van der Waals surface area contributed by atoms with Crippen LogP contribution >= 0.6 is 7.82 Å². The molecule has 306 valence electrons. The summed E-state index contributed by atoms with van der Waals surface area (Å²) in [5, 5.41) is 0. The molecule has 1 atom stereocenters. The van der Waals surface area contributed by atoms with Crippen molar-refractivity contribution < 1.29 is 37.9 Å². The van der Waals surface area contributed by atoms with Gasteiger partial charge in [0.15, 0.2) is 6.10 Å². The Bertz CT molecular complexity index is 900. The number of carbonyl (C=O) groups excluding carboxylic acids is 2. The second-order valence-corrected chi connectivity index (χ2v) is 15.9. The maximum absolute atomic E-state index is 12.4. The molecule has 0 aliphatic heterocycles. The van der Waals surface area contributed by atoms with E-state index in [0.29, 0.717) is 6.42 Å². The summed E-state index contributed by atoms with van der Waals surface area (Å²) < 4.78 is 26.4. The van der Waals surface area contributed by atoms with Crippen LogP contribution in [0.5, 0.6) is 0 Å². The first-order chi connectivity index (χ1) is 25.3. The molecule has 52 heavy (non-hydrogen) atoms. The third-order valence-corrected chi connectivity index (χ3v) is 9.93. The number of esters is 2. The Morgan fingerprint density at radius 3 is 1.19 bits per heavy atom. The topological polar surface area (TPSA) is 119 Å². The summed E-state index contributed by atoms with van der Waals surface area (Å²) >= 11 is 0. The first-order valence-corrected chi connectivity index (χ1v) is 23.2. The second kappa shape index (κ2) is 39.2. The van der Waals surface area contributed by atoms with Crippen molar-refractivity contribution in [1.29, 1.82) is 0 Å². The molecule has 0 amide bonds. The maximum atomic E-state index is 12.4. The van der Waals surface area contributed by atoms with E-state index in [2.05, 4.69) is 42.7 Å². The first-order valence-electron chi connectivity index (χ1n) is 21.6. The third kappa shape index (κ3) is 41.3. The van der Waals surface area contributed by atoms with Crippen LogP contribution in [0, 0.1) is 0 Å². The van der Waals surface area contributed by atoms with Crippen LogP contribution in [-0.2, 0) is 28.2 Å². The number of phosphoric acid groups is 1. The highest BCUT2D eigenvalue weighted by molar-refractivity contribution is 7.46. The van der Waals surface area contributed by atoms with Gasteiger partial charge in [0, 0.05) is 12.8 Å². The van der Waals surface area contributed by atoms with Gasteiger partial charge in [-0.05, 0) is 64.2 Å². The minimum absolute atomic E-state index is 0.209. The molecule has 0 rings (SSSR count). The summed E-state index contributed by atoms with van der Waals surface area (Å²) in [6.07, 6.45) is 44.6. The molecule has 0 aromatic carbocycles. The lowest BCUT2D eigenvalue weighted by Crippen LogP contribution is -2.29. The number of hydrogen-bond acceptors (Lipinski definition) is 6. The second-order valence-electron chi connectivity index (χ2n) is 14.7. The number of phosphoric ester groups is 1. The van der Waals surface area contributed by atoms with E-state index in [-0.39, 0.29) is 19.4 Å². The number of rotatable bonds is 40. The van der Waals surface area contributed by atoms with E-state index >= 15 is 0 Å². The molecule has 2 N–H and O–H groups in total. The summed E-state index contributed by atoms with van der Waals surface area (Å²) in [5.74, 6) is -0.885. The lowest BCUT2D eigenvalue weighted by atomic mass is 10.1. The van der Waals surface area contributed by atoms with Gasteiger partial charge in [0.2, 0.25) is 0 Å². The fraction of sp³-hybridized carbons (Fsp3) is 0.860. The quantitative estimate of drug-likeness (QED) is 0.0274. The summed E-state index contributed by atoms with van der Waals surface area (Å²) in [6, 6.07) is 0. The zero-order valence-electron chi connectivity index (χ0n) is 33.7. The van der Waals surface area contributed by atoms with E-state index < -0.39 is 32.5 Å². The normalized spacial score (nSPS) is 12.6. The molecule has 8 nitrogen and oxygen atoms in total. The predicted octanol–water partition coefficient (Wildman–Crippen LogP) is 13.2. The molecule has 0 saturated carbocycles. The molecule has 0 unspecified atom stereocenters. The van der Waals surface area contributed by atoms with Gasteiger partial charge >= 0.3 is 19.8 Å². The van der Waals surface area contributed by atoms with Crippen molar-refractivity contribution in [2.24, 2.45) is 0 Å². The monoisotopic (exact) mass is 757 g/mol. The smallest absolute Gasteiger partial charge is 0.462 e. The van der Waals surface area contributed by atoms with Crippen LogP contribution in [0.2, 0.25) is 0 Å². The van der Waals surface area contributed by atoms with Crippen molar-refractivity contribution in [3.63, 3.8) is 0 Å². The molecular formula is C43H81O8P. The Hall–Kier alpha value is -1.47. The van der Waals surface area contributed by atoms with Crippen molar-refractivity contribution >= 4 is 19.8 Å². The number of allylic oxidation sites excluding steroid dienone is 4. The van der Waals surface area contributed by atoms with Crippen LogP contribution in [0.1, 0.15) is 219 Å². The molecular weight excluding hydrogens is 675 g/mol. The molecule has 0 spiro atoms.